The zero-order valence-corrected chi connectivity index (χ0v) is 7.44. The monoisotopic (exact) mass is 159 g/mol. The molecule has 2 heteroatoms. The van der Waals surface area contributed by atoms with Crippen molar-refractivity contribution in [2.75, 3.05) is 6.54 Å². The first-order valence-electron chi connectivity index (χ1n) is 4.44. The van der Waals surface area contributed by atoms with Crippen LogP contribution in [-0.4, -0.2) is 12.2 Å². The molecule has 0 aromatic heterocycles. The zero-order valence-electron chi connectivity index (χ0n) is 7.44. The molecule has 0 spiro atoms. The highest BCUT2D eigenvalue weighted by Gasteiger charge is 2.34. The van der Waals surface area contributed by atoms with E-state index in [1.165, 1.54) is 0 Å². The molecule has 66 valence electrons. The van der Waals surface area contributed by atoms with Gasteiger partial charge in [0.15, 0.2) is 0 Å². The quantitative estimate of drug-likeness (QED) is 0.623. The van der Waals surface area contributed by atoms with E-state index in [4.69, 9.17) is 5.73 Å². The van der Waals surface area contributed by atoms with Crippen LogP contribution in [0.4, 0.5) is 4.39 Å². The summed E-state index contributed by atoms with van der Waals surface area (Å²) >= 11 is 0. The predicted molar refractivity (Wildman–Crippen MR) is 45.1 cm³/mol. The molecule has 0 aliphatic heterocycles. The second-order valence-electron chi connectivity index (χ2n) is 4.13. The van der Waals surface area contributed by atoms with Crippen LogP contribution in [0.2, 0.25) is 0 Å². The fourth-order valence-electron chi connectivity index (χ4n) is 2.06. The van der Waals surface area contributed by atoms with E-state index in [9.17, 15) is 4.39 Å². The van der Waals surface area contributed by atoms with Crippen LogP contribution in [0.15, 0.2) is 0 Å². The van der Waals surface area contributed by atoms with Gasteiger partial charge in [-0.1, -0.05) is 6.92 Å². The van der Waals surface area contributed by atoms with E-state index in [2.05, 4.69) is 6.92 Å². The van der Waals surface area contributed by atoms with Crippen LogP contribution >= 0.6 is 0 Å². The van der Waals surface area contributed by atoms with Crippen molar-refractivity contribution in [2.45, 2.75) is 38.8 Å². The maximum Gasteiger partial charge on any atom is 0.108 e. The summed E-state index contributed by atoms with van der Waals surface area (Å²) in [4.78, 5) is 0. The molecule has 1 aliphatic carbocycles. The van der Waals surface area contributed by atoms with Crippen molar-refractivity contribution in [2.24, 2.45) is 17.6 Å². The summed E-state index contributed by atoms with van der Waals surface area (Å²) in [5.74, 6) is 1.02. The SMILES string of the molecule is CC1CC(C)(F)CCC1CN. The molecule has 3 unspecified atom stereocenters. The van der Waals surface area contributed by atoms with Crippen LogP contribution in [0, 0.1) is 11.8 Å². The first-order valence-corrected chi connectivity index (χ1v) is 4.44. The molecular formula is C9H18FN. The first kappa shape index (κ1) is 8.98. The van der Waals surface area contributed by atoms with Crippen molar-refractivity contribution >= 4 is 0 Å². The molecule has 0 saturated heterocycles. The Morgan fingerprint density at radius 2 is 2.27 bits per heavy atom. The van der Waals surface area contributed by atoms with Crippen LogP contribution in [0.3, 0.4) is 0 Å². The van der Waals surface area contributed by atoms with E-state index < -0.39 is 5.67 Å². The second kappa shape index (κ2) is 3.10. The van der Waals surface area contributed by atoms with Crippen molar-refractivity contribution < 1.29 is 4.39 Å². The average molecular weight is 159 g/mol. The minimum absolute atomic E-state index is 0.462. The number of hydrogen-bond donors (Lipinski definition) is 1. The second-order valence-corrected chi connectivity index (χ2v) is 4.13. The van der Waals surface area contributed by atoms with Gasteiger partial charge in [0.25, 0.3) is 0 Å². The molecule has 1 fully saturated rings. The number of alkyl halides is 1. The third-order valence-corrected chi connectivity index (χ3v) is 2.89. The molecule has 1 rings (SSSR count). The molecule has 0 amide bonds. The van der Waals surface area contributed by atoms with Crippen LogP contribution in [0.25, 0.3) is 0 Å². The normalized spacial score (nSPS) is 45.8. The van der Waals surface area contributed by atoms with E-state index in [0.29, 0.717) is 24.7 Å². The van der Waals surface area contributed by atoms with Gasteiger partial charge < -0.3 is 5.73 Å². The predicted octanol–water partition coefficient (Wildman–Crippen LogP) is 2.11. The smallest absolute Gasteiger partial charge is 0.108 e. The van der Waals surface area contributed by atoms with Gasteiger partial charge in [-0.2, -0.15) is 0 Å². The van der Waals surface area contributed by atoms with E-state index in [1.807, 2.05) is 0 Å². The Balaban J connectivity index is 2.48. The summed E-state index contributed by atoms with van der Waals surface area (Å²) in [6, 6.07) is 0. The molecule has 0 aromatic rings. The lowest BCUT2D eigenvalue weighted by Gasteiger charge is -2.35. The lowest BCUT2D eigenvalue weighted by Crippen LogP contribution is -2.35. The summed E-state index contributed by atoms with van der Waals surface area (Å²) in [6.45, 7) is 4.53. The highest BCUT2D eigenvalue weighted by Crippen LogP contribution is 2.37. The van der Waals surface area contributed by atoms with Gasteiger partial charge in [-0.3, -0.25) is 0 Å². The number of rotatable bonds is 1. The average Bonchev–Trinajstić information content (AvgIpc) is 1.86. The molecule has 11 heavy (non-hydrogen) atoms. The number of halogens is 1. The van der Waals surface area contributed by atoms with Crippen molar-refractivity contribution in [3.8, 4) is 0 Å². The summed E-state index contributed by atoms with van der Waals surface area (Å²) in [6.07, 6.45) is 2.35. The number of nitrogens with two attached hydrogens (primary N) is 1. The minimum atomic E-state index is -0.926. The largest absolute Gasteiger partial charge is 0.330 e. The molecule has 1 saturated carbocycles. The molecule has 0 heterocycles. The van der Waals surface area contributed by atoms with Crippen molar-refractivity contribution in [3.63, 3.8) is 0 Å². The molecule has 1 nitrogen and oxygen atoms in total. The third-order valence-electron chi connectivity index (χ3n) is 2.89. The lowest BCUT2D eigenvalue weighted by molar-refractivity contribution is 0.0678. The lowest BCUT2D eigenvalue weighted by atomic mass is 9.74. The van der Waals surface area contributed by atoms with Crippen molar-refractivity contribution in [1.82, 2.24) is 0 Å². The highest BCUT2D eigenvalue weighted by molar-refractivity contribution is 4.86. The summed E-state index contributed by atoms with van der Waals surface area (Å²) < 4.78 is 13.4. The van der Waals surface area contributed by atoms with Gasteiger partial charge in [-0.25, -0.2) is 4.39 Å². The van der Waals surface area contributed by atoms with Gasteiger partial charge >= 0.3 is 0 Å². The Labute approximate surface area is 68.2 Å². The van der Waals surface area contributed by atoms with Gasteiger partial charge in [0, 0.05) is 0 Å². The molecule has 0 aromatic carbocycles. The van der Waals surface area contributed by atoms with E-state index in [-0.39, 0.29) is 0 Å². The van der Waals surface area contributed by atoms with Crippen molar-refractivity contribution in [3.05, 3.63) is 0 Å². The molecule has 1 aliphatic rings. The van der Waals surface area contributed by atoms with Gasteiger partial charge in [0.1, 0.15) is 5.67 Å². The van der Waals surface area contributed by atoms with Crippen LogP contribution in [0.1, 0.15) is 33.1 Å². The standard InChI is InChI=1S/C9H18FN/c1-7-5-9(2,10)4-3-8(7)6-11/h7-8H,3-6,11H2,1-2H3. The van der Waals surface area contributed by atoms with Gasteiger partial charge in [-0.15, -0.1) is 0 Å². The Morgan fingerprint density at radius 3 is 2.73 bits per heavy atom. The van der Waals surface area contributed by atoms with Gasteiger partial charge in [0.2, 0.25) is 0 Å². The minimum Gasteiger partial charge on any atom is -0.330 e. The summed E-state index contributed by atoms with van der Waals surface area (Å²) in [7, 11) is 0. The fraction of sp³-hybridized carbons (Fsp3) is 1.00. The van der Waals surface area contributed by atoms with E-state index in [0.717, 1.165) is 13.0 Å². The van der Waals surface area contributed by atoms with Crippen molar-refractivity contribution in [1.29, 1.82) is 0 Å². The summed E-state index contributed by atoms with van der Waals surface area (Å²) in [5, 5.41) is 0. The Morgan fingerprint density at radius 1 is 1.64 bits per heavy atom. The Bertz CT molecular complexity index is 134. The molecular weight excluding hydrogens is 141 g/mol. The van der Waals surface area contributed by atoms with Crippen LogP contribution < -0.4 is 5.73 Å². The van der Waals surface area contributed by atoms with Gasteiger partial charge in [-0.05, 0) is 44.6 Å². The molecule has 2 N–H and O–H groups in total. The van der Waals surface area contributed by atoms with E-state index >= 15 is 0 Å². The summed E-state index contributed by atoms with van der Waals surface area (Å²) in [5.41, 5.74) is 4.63. The molecule has 0 radical (unpaired) electrons. The Hall–Kier alpha value is -0.110. The molecule has 0 bridgehead atoms. The van der Waals surface area contributed by atoms with Gasteiger partial charge in [0.05, 0.1) is 0 Å². The fourth-order valence-corrected chi connectivity index (χ4v) is 2.06. The highest BCUT2D eigenvalue weighted by atomic mass is 19.1. The first-order chi connectivity index (χ1) is 5.05. The number of hydrogen-bond acceptors (Lipinski definition) is 1. The maximum atomic E-state index is 13.4. The topological polar surface area (TPSA) is 26.0 Å². The third kappa shape index (κ3) is 2.16. The maximum absolute atomic E-state index is 13.4. The van der Waals surface area contributed by atoms with Crippen LogP contribution in [0.5, 0.6) is 0 Å². The zero-order chi connectivity index (χ0) is 8.48. The Kier molecular flexibility index (Phi) is 2.53. The van der Waals surface area contributed by atoms with Crippen LogP contribution in [-0.2, 0) is 0 Å². The molecule has 3 atom stereocenters. The van der Waals surface area contributed by atoms with E-state index in [1.54, 1.807) is 6.92 Å².